The first-order valence-electron chi connectivity index (χ1n) is 12.7. The van der Waals surface area contributed by atoms with E-state index in [1.54, 1.807) is 20.3 Å². The zero-order chi connectivity index (χ0) is 26.7. The number of ether oxygens (including phenoxy) is 2. The summed E-state index contributed by atoms with van der Waals surface area (Å²) in [6.45, 7) is 9.46. The molecular weight excluding hydrogens is 492 g/mol. The highest BCUT2D eigenvalue weighted by Crippen LogP contribution is 2.34. The molecular formula is C27H37ClN6O3. The largest absolute Gasteiger partial charge is 0.374 e. The molecule has 1 aromatic heterocycles. The van der Waals surface area contributed by atoms with Gasteiger partial charge in [-0.2, -0.15) is 0 Å². The summed E-state index contributed by atoms with van der Waals surface area (Å²) in [7, 11) is 3.38. The number of fused-ring (bicyclic) bond motifs is 3. The molecule has 1 saturated heterocycles. The fourth-order valence-electron chi connectivity index (χ4n) is 4.64. The Balaban J connectivity index is 1.43. The number of nitrogens with zero attached hydrogens (tertiary/aromatic N) is 4. The Morgan fingerprint density at radius 2 is 1.89 bits per heavy atom. The number of halogens is 1. The van der Waals surface area contributed by atoms with E-state index in [1.165, 1.54) is 5.57 Å². The fourth-order valence-corrected chi connectivity index (χ4v) is 4.94. The number of amidine groups is 2. The first-order valence-corrected chi connectivity index (χ1v) is 13.0. The zero-order valence-electron chi connectivity index (χ0n) is 22.4. The van der Waals surface area contributed by atoms with Crippen molar-refractivity contribution in [3.8, 4) is 0 Å². The van der Waals surface area contributed by atoms with Crippen LogP contribution in [0.2, 0.25) is 5.15 Å². The summed E-state index contributed by atoms with van der Waals surface area (Å²) < 4.78 is 11.3. The van der Waals surface area contributed by atoms with E-state index >= 15 is 0 Å². The van der Waals surface area contributed by atoms with Gasteiger partial charge in [-0.3, -0.25) is 20.2 Å². The average molecular weight is 529 g/mol. The van der Waals surface area contributed by atoms with Gasteiger partial charge in [0.05, 0.1) is 17.4 Å². The SMILES string of the molecule is COC1C=C2NC(=NCCCCNC(O)c3ccc(C)nc3Cl)C3=NC(C)C(C)=C(C)N3C2=CC1OC. The van der Waals surface area contributed by atoms with Crippen LogP contribution in [0.1, 0.15) is 51.1 Å². The van der Waals surface area contributed by atoms with Gasteiger partial charge in [0.1, 0.15) is 23.6 Å². The van der Waals surface area contributed by atoms with Gasteiger partial charge in [0.25, 0.3) is 0 Å². The molecule has 9 nitrogen and oxygen atoms in total. The monoisotopic (exact) mass is 528 g/mol. The molecule has 10 heteroatoms. The van der Waals surface area contributed by atoms with E-state index in [0.29, 0.717) is 23.8 Å². The number of piperazine rings is 1. The topological polar surface area (TPSA) is 104 Å². The van der Waals surface area contributed by atoms with E-state index in [9.17, 15) is 5.11 Å². The van der Waals surface area contributed by atoms with Crippen LogP contribution in [-0.2, 0) is 9.47 Å². The Kier molecular flexibility index (Phi) is 8.82. The van der Waals surface area contributed by atoms with Crippen LogP contribution in [0.4, 0.5) is 0 Å². The number of pyridine rings is 1. The van der Waals surface area contributed by atoms with Gasteiger partial charge < -0.3 is 19.9 Å². The lowest BCUT2D eigenvalue weighted by Crippen LogP contribution is -2.53. The summed E-state index contributed by atoms with van der Waals surface area (Å²) in [4.78, 5) is 16.2. The molecule has 4 atom stereocenters. The third kappa shape index (κ3) is 5.81. The lowest BCUT2D eigenvalue weighted by molar-refractivity contribution is 0.0119. The number of rotatable bonds is 9. The number of aliphatic imine (C=N–C) groups is 2. The summed E-state index contributed by atoms with van der Waals surface area (Å²) in [6, 6.07) is 3.71. The van der Waals surface area contributed by atoms with E-state index in [4.69, 9.17) is 31.1 Å². The summed E-state index contributed by atoms with van der Waals surface area (Å²) in [5.41, 5.74) is 5.71. The number of hydrogen-bond donors (Lipinski definition) is 3. The second kappa shape index (κ2) is 11.9. The minimum atomic E-state index is -0.857. The lowest BCUT2D eigenvalue weighted by Gasteiger charge is -2.43. The second-order valence-electron chi connectivity index (χ2n) is 9.52. The molecule has 200 valence electrons. The Bertz CT molecular complexity index is 1170. The number of aryl methyl sites for hydroxylation is 1. The van der Waals surface area contributed by atoms with Gasteiger partial charge in [0.15, 0.2) is 11.7 Å². The Labute approximate surface area is 224 Å². The van der Waals surface area contributed by atoms with Crippen molar-refractivity contribution in [1.82, 2.24) is 20.5 Å². The maximum atomic E-state index is 10.4. The molecule has 3 aliphatic rings. The number of unbranched alkanes of at least 4 members (excludes halogenated alkanes) is 1. The molecule has 0 bridgehead atoms. The quantitative estimate of drug-likeness (QED) is 0.255. The van der Waals surface area contributed by atoms with Crippen molar-refractivity contribution in [2.24, 2.45) is 9.98 Å². The lowest BCUT2D eigenvalue weighted by atomic mass is 9.97. The third-order valence-corrected chi connectivity index (χ3v) is 7.37. The van der Waals surface area contributed by atoms with Crippen molar-refractivity contribution in [2.75, 3.05) is 27.3 Å². The fraction of sp³-hybridized carbons (Fsp3) is 0.519. The van der Waals surface area contributed by atoms with Crippen LogP contribution in [0.5, 0.6) is 0 Å². The van der Waals surface area contributed by atoms with E-state index in [-0.39, 0.29) is 18.2 Å². The highest BCUT2D eigenvalue weighted by atomic mass is 35.5. The van der Waals surface area contributed by atoms with Gasteiger partial charge in [0.2, 0.25) is 0 Å². The van der Waals surface area contributed by atoms with Gasteiger partial charge in [-0.05, 0) is 70.9 Å². The predicted molar refractivity (Wildman–Crippen MR) is 146 cm³/mol. The van der Waals surface area contributed by atoms with E-state index in [0.717, 1.165) is 47.3 Å². The molecule has 37 heavy (non-hydrogen) atoms. The minimum absolute atomic E-state index is 0.0756. The van der Waals surface area contributed by atoms with Crippen molar-refractivity contribution in [1.29, 1.82) is 0 Å². The number of allylic oxidation sites excluding steroid dienone is 1. The molecule has 4 rings (SSSR count). The predicted octanol–water partition coefficient (Wildman–Crippen LogP) is 3.61. The van der Waals surface area contributed by atoms with Gasteiger partial charge in [0, 0.05) is 37.7 Å². The normalized spacial score (nSPS) is 25.2. The highest BCUT2D eigenvalue weighted by molar-refractivity contribution is 6.42. The maximum Gasteiger partial charge on any atom is 0.176 e. The Morgan fingerprint density at radius 3 is 2.59 bits per heavy atom. The first kappa shape index (κ1) is 27.5. The Morgan fingerprint density at radius 1 is 1.16 bits per heavy atom. The molecule has 3 heterocycles. The van der Waals surface area contributed by atoms with Gasteiger partial charge in [-0.15, -0.1) is 0 Å². The van der Waals surface area contributed by atoms with Crippen molar-refractivity contribution >= 4 is 23.3 Å². The van der Waals surface area contributed by atoms with Crippen molar-refractivity contribution in [3.63, 3.8) is 0 Å². The molecule has 0 amide bonds. The minimum Gasteiger partial charge on any atom is -0.374 e. The number of hydrogen-bond acceptors (Lipinski definition) is 8. The number of methoxy groups -OCH3 is 2. The second-order valence-corrected chi connectivity index (χ2v) is 9.88. The first-order chi connectivity index (χ1) is 17.7. The number of nitrogens with one attached hydrogen (secondary N) is 2. The van der Waals surface area contributed by atoms with Crippen LogP contribution in [0, 0.1) is 6.92 Å². The van der Waals surface area contributed by atoms with Crippen molar-refractivity contribution < 1.29 is 14.6 Å². The zero-order valence-corrected chi connectivity index (χ0v) is 23.1. The van der Waals surface area contributed by atoms with Crippen molar-refractivity contribution in [2.45, 2.75) is 65.0 Å². The molecule has 1 fully saturated rings. The molecule has 0 spiro atoms. The number of aliphatic hydroxyl groups is 1. The van der Waals surface area contributed by atoms with Crippen LogP contribution >= 0.6 is 11.6 Å². The summed E-state index contributed by atoms with van der Waals surface area (Å²) in [5.74, 6) is 1.57. The van der Waals surface area contributed by atoms with Crippen LogP contribution in [0.15, 0.2) is 56.9 Å². The Hall–Kier alpha value is -2.56. The average Bonchev–Trinajstić information content (AvgIpc) is 2.88. The van der Waals surface area contributed by atoms with Crippen LogP contribution in [0.3, 0.4) is 0 Å². The van der Waals surface area contributed by atoms with E-state index in [2.05, 4.69) is 47.4 Å². The molecule has 4 unspecified atom stereocenters. The smallest absolute Gasteiger partial charge is 0.176 e. The van der Waals surface area contributed by atoms with Gasteiger partial charge in [-0.25, -0.2) is 4.98 Å². The van der Waals surface area contributed by atoms with Crippen molar-refractivity contribution in [3.05, 3.63) is 63.4 Å². The van der Waals surface area contributed by atoms with Crippen LogP contribution < -0.4 is 10.6 Å². The molecule has 0 aromatic carbocycles. The van der Waals surface area contributed by atoms with Crippen LogP contribution in [0.25, 0.3) is 0 Å². The van der Waals surface area contributed by atoms with Gasteiger partial charge in [-0.1, -0.05) is 17.7 Å². The van der Waals surface area contributed by atoms with Gasteiger partial charge >= 0.3 is 0 Å². The van der Waals surface area contributed by atoms with Crippen LogP contribution in [-0.4, -0.2) is 72.2 Å². The molecule has 0 radical (unpaired) electrons. The summed E-state index contributed by atoms with van der Waals surface area (Å²) in [5, 5.41) is 17.3. The molecule has 1 aromatic rings. The highest BCUT2D eigenvalue weighted by Gasteiger charge is 2.38. The maximum absolute atomic E-state index is 10.4. The van der Waals surface area contributed by atoms with E-state index in [1.807, 2.05) is 19.1 Å². The molecule has 0 saturated carbocycles. The molecule has 1 aliphatic carbocycles. The molecule has 3 N–H and O–H groups in total. The third-order valence-electron chi connectivity index (χ3n) is 7.07. The number of aliphatic hydroxyl groups excluding tert-OH is 1. The summed E-state index contributed by atoms with van der Waals surface area (Å²) in [6.07, 6.45) is 4.57. The summed E-state index contributed by atoms with van der Waals surface area (Å²) >= 11 is 6.16. The standard InChI is InChI=1S/C27H37ClN6O3/c1-15-9-10-19(24(28)31-15)27(35)30-12-8-7-11-29-25-26-32-17(3)16(2)18(4)34(26)21-14-23(37-6)22(36-5)13-20(21)33-25/h9-10,13-14,17,22-23,27,30,35H,7-8,11-12H2,1-6H3,(H,29,33). The number of aromatic nitrogens is 1. The van der Waals surface area contributed by atoms with E-state index < -0.39 is 6.23 Å². The molecule has 2 aliphatic heterocycles.